The molecule has 2 atom stereocenters. The standard InChI is InChI=1S/C11H12BrF3N4O2/c1-7(5-18-6-8(12)4-17-18)9(20)19-10(21,2-3-16-19)11(13,14)15/h3-4,6-7,21H,2,5H2,1H3. The van der Waals surface area contributed by atoms with Gasteiger partial charge >= 0.3 is 6.18 Å². The first kappa shape index (κ1) is 16.0. The van der Waals surface area contributed by atoms with Gasteiger partial charge in [0.1, 0.15) is 0 Å². The Morgan fingerprint density at radius 3 is 2.81 bits per heavy atom. The molecule has 6 nitrogen and oxygen atoms in total. The van der Waals surface area contributed by atoms with Crippen LogP contribution >= 0.6 is 15.9 Å². The molecule has 21 heavy (non-hydrogen) atoms. The van der Waals surface area contributed by atoms with Crippen molar-refractivity contribution < 1.29 is 23.1 Å². The van der Waals surface area contributed by atoms with Gasteiger partial charge in [0.25, 0.3) is 5.72 Å². The fourth-order valence-corrected chi connectivity index (χ4v) is 2.24. The Kier molecular flexibility index (Phi) is 4.11. The van der Waals surface area contributed by atoms with E-state index in [1.165, 1.54) is 17.8 Å². The summed E-state index contributed by atoms with van der Waals surface area (Å²) in [5.41, 5.74) is -3.27. The van der Waals surface area contributed by atoms with E-state index in [9.17, 15) is 23.1 Å². The molecule has 0 fully saturated rings. The minimum absolute atomic E-state index is 0.0738. The van der Waals surface area contributed by atoms with E-state index in [-0.39, 0.29) is 11.6 Å². The number of hydrogen-bond donors (Lipinski definition) is 1. The van der Waals surface area contributed by atoms with Gasteiger partial charge in [-0.25, -0.2) is 0 Å². The van der Waals surface area contributed by atoms with Crippen LogP contribution in [-0.2, 0) is 11.3 Å². The van der Waals surface area contributed by atoms with Gasteiger partial charge in [0.2, 0.25) is 5.91 Å². The summed E-state index contributed by atoms with van der Waals surface area (Å²) in [5, 5.41) is 17.1. The summed E-state index contributed by atoms with van der Waals surface area (Å²) in [6.07, 6.45) is -1.79. The average molecular weight is 369 g/mol. The highest BCUT2D eigenvalue weighted by molar-refractivity contribution is 9.10. The first-order chi connectivity index (χ1) is 9.65. The van der Waals surface area contributed by atoms with E-state index in [1.807, 2.05) is 0 Å². The fraction of sp³-hybridized carbons (Fsp3) is 0.545. The molecule has 1 aliphatic heterocycles. The van der Waals surface area contributed by atoms with Gasteiger partial charge in [-0.15, -0.1) is 0 Å². The van der Waals surface area contributed by atoms with E-state index in [0.717, 1.165) is 6.21 Å². The summed E-state index contributed by atoms with van der Waals surface area (Å²) in [6, 6.07) is 0. The van der Waals surface area contributed by atoms with Gasteiger partial charge in [-0.05, 0) is 15.9 Å². The lowest BCUT2D eigenvalue weighted by atomic mass is 10.1. The lowest BCUT2D eigenvalue weighted by molar-refractivity contribution is -0.303. The molecule has 0 spiro atoms. The normalized spacial score (nSPS) is 23.6. The second-order valence-corrected chi connectivity index (χ2v) is 5.66. The second-order valence-electron chi connectivity index (χ2n) is 4.75. The Balaban J connectivity index is 2.13. The van der Waals surface area contributed by atoms with Crippen LogP contribution < -0.4 is 0 Å². The molecule has 0 aromatic carbocycles. The second kappa shape index (κ2) is 5.41. The third kappa shape index (κ3) is 2.95. The Morgan fingerprint density at radius 1 is 1.62 bits per heavy atom. The van der Waals surface area contributed by atoms with Crippen LogP contribution in [0.5, 0.6) is 0 Å². The maximum Gasteiger partial charge on any atom is 0.438 e. The number of carbonyl (C=O) groups excluding carboxylic acids is 1. The minimum Gasteiger partial charge on any atom is -0.362 e. The molecule has 2 unspecified atom stereocenters. The van der Waals surface area contributed by atoms with Gasteiger partial charge in [0.15, 0.2) is 0 Å². The fourth-order valence-electron chi connectivity index (χ4n) is 1.91. The van der Waals surface area contributed by atoms with Crippen LogP contribution in [0.4, 0.5) is 13.2 Å². The zero-order valence-electron chi connectivity index (χ0n) is 10.9. The Labute approximate surface area is 126 Å². The molecular formula is C11H12BrF3N4O2. The van der Waals surface area contributed by atoms with Crippen LogP contribution in [0.15, 0.2) is 22.0 Å². The summed E-state index contributed by atoms with van der Waals surface area (Å²) in [5.74, 6) is -1.75. The predicted molar refractivity (Wildman–Crippen MR) is 70.1 cm³/mol. The lowest BCUT2D eigenvalue weighted by Crippen LogP contribution is -2.57. The number of halogens is 4. The molecule has 2 rings (SSSR count). The van der Waals surface area contributed by atoms with E-state index in [0.29, 0.717) is 4.47 Å². The Bertz CT molecular complexity index is 574. The van der Waals surface area contributed by atoms with Crippen LogP contribution in [0, 0.1) is 5.92 Å². The Hall–Kier alpha value is -1.42. The first-order valence-electron chi connectivity index (χ1n) is 5.99. The molecule has 2 heterocycles. The van der Waals surface area contributed by atoms with Crippen LogP contribution in [0.1, 0.15) is 13.3 Å². The highest BCUT2D eigenvalue weighted by Gasteiger charge is 2.61. The summed E-state index contributed by atoms with van der Waals surface area (Å²) in [7, 11) is 0. The first-order valence-corrected chi connectivity index (χ1v) is 6.78. The summed E-state index contributed by atoms with van der Waals surface area (Å²) < 4.78 is 40.8. The maximum atomic E-state index is 12.9. The highest BCUT2D eigenvalue weighted by Crippen LogP contribution is 2.39. The molecule has 0 saturated heterocycles. The van der Waals surface area contributed by atoms with Gasteiger partial charge in [0, 0.05) is 18.8 Å². The van der Waals surface area contributed by atoms with Crippen LogP contribution in [0.3, 0.4) is 0 Å². The van der Waals surface area contributed by atoms with Crippen LogP contribution in [0.2, 0.25) is 0 Å². The topological polar surface area (TPSA) is 70.7 Å². The SMILES string of the molecule is CC(Cn1cc(Br)cn1)C(=O)N1N=CCC1(O)C(F)(F)F. The molecule has 0 radical (unpaired) electrons. The number of alkyl halides is 3. The van der Waals surface area contributed by atoms with Crippen LogP contribution in [-0.4, -0.2) is 43.9 Å². The third-order valence-corrected chi connectivity index (χ3v) is 3.48. The summed E-state index contributed by atoms with van der Waals surface area (Å²) in [4.78, 5) is 12.1. The highest BCUT2D eigenvalue weighted by atomic mass is 79.9. The lowest BCUT2D eigenvalue weighted by Gasteiger charge is -2.33. The van der Waals surface area contributed by atoms with Gasteiger partial charge in [-0.3, -0.25) is 9.48 Å². The third-order valence-electron chi connectivity index (χ3n) is 3.07. The summed E-state index contributed by atoms with van der Waals surface area (Å²) >= 11 is 3.18. The van der Waals surface area contributed by atoms with Crippen molar-refractivity contribution in [1.82, 2.24) is 14.8 Å². The van der Waals surface area contributed by atoms with Gasteiger partial charge in [-0.1, -0.05) is 6.92 Å². The molecule has 1 N–H and O–H groups in total. The number of nitrogens with zero attached hydrogens (tertiary/aromatic N) is 4. The predicted octanol–water partition coefficient (Wildman–Crippen LogP) is 1.75. The van der Waals surface area contributed by atoms with Gasteiger partial charge in [-0.2, -0.15) is 28.4 Å². The van der Waals surface area contributed by atoms with E-state index in [1.54, 1.807) is 6.20 Å². The van der Waals surface area contributed by atoms with Crippen molar-refractivity contribution in [2.45, 2.75) is 31.8 Å². The van der Waals surface area contributed by atoms with Crippen molar-refractivity contribution in [1.29, 1.82) is 0 Å². The zero-order chi connectivity index (χ0) is 15.8. The smallest absolute Gasteiger partial charge is 0.362 e. The number of amides is 1. The number of hydrazone groups is 1. The number of aromatic nitrogens is 2. The van der Waals surface area contributed by atoms with Crippen molar-refractivity contribution in [2.24, 2.45) is 11.0 Å². The molecule has 1 aromatic heterocycles. The maximum absolute atomic E-state index is 12.9. The van der Waals surface area contributed by atoms with E-state index < -0.39 is 30.1 Å². The number of hydrogen-bond acceptors (Lipinski definition) is 4. The molecule has 1 aromatic rings. The molecule has 1 amide bonds. The van der Waals surface area contributed by atoms with Gasteiger partial charge < -0.3 is 5.11 Å². The molecule has 1 aliphatic rings. The van der Waals surface area contributed by atoms with Crippen molar-refractivity contribution in [2.75, 3.05) is 0 Å². The van der Waals surface area contributed by atoms with E-state index >= 15 is 0 Å². The quantitative estimate of drug-likeness (QED) is 0.883. The van der Waals surface area contributed by atoms with E-state index in [4.69, 9.17) is 0 Å². The minimum atomic E-state index is -4.98. The molecule has 0 saturated carbocycles. The van der Waals surface area contributed by atoms with Crippen molar-refractivity contribution in [3.05, 3.63) is 16.9 Å². The molecular weight excluding hydrogens is 357 g/mol. The van der Waals surface area contributed by atoms with Crippen LogP contribution in [0.25, 0.3) is 0 Å². The molecule has 116 valence electrons. The summed E-state index contributed by atoms with van der Waals surface area (Å²) in [6.45, 7) is 1.52. The van der Waals surface area contributed by atoms with Crippen molar-refractivity contribution in [3.8, 4) is 0 Å². The molecule has 0 aliphatic carbocycles. The van der Waals surface area contributed by atoms with Crippen molar-refractivity contribution in [3.63, 3.8) is 0 Å². The monoisotopic (exact) mass is 368 g/mol. The number of aliphatic hydroxyl groups is 1. The molecule has 10 heteroatoms. The largest absolute Gasteiger partial charge is 0.438 e. The number of carbonyl (C=O) groups is 1. The van der Waals surface area contributed by atoms with E-state index in [2.05, 4.69) is 26.1 Å². The average Bonchev–Trinajstić information content (AvgIpc) is 2.95. The number of rotatable bonds is 3. The van der Waals surface area contributed by atoms with Crippen molar-refractivity contribution >= 4 is 28.1 Å². The molecule has 0 bridgehead atoms. The van der Waals surface area contributed by atoms with Gasteiger partial charge in [0.05, 0.1) is 23.1 Å². The Morgan fingerprint density at radius 2 is 2.29 bits per heavy atom. The zero-order valence-corrected chi connectivity index (χ0v) is 12.5.